The van der Waals surface area contributed by atoms with E-state index in [4.69, 9.17) is 1.37 Å². The Bertz CT molecular complexity index is 354. The van der Waals surface area contributed by atoms with E-state index < -0.39 is 0 Å². The van der Waals surface area contributed by atoms with Gasteiger partial charge in [0, 0.05) is 12.4 Å². The van der Waals surface area contributed by atoms with Crippen LogP contribution < -0.4 is 0 Å². The smallest absolute Gasteiger partial charge is 0.220 e. The van der Waals surface area contributed by atoms with Crippen molar-refractivity contribution in [2.24, 2.45) is 0 Å². The molecule has 5 heteroatoms. The molecule has 2 heterocycles. The molecule has 0 spiro atoms. The maximum Gasteiger partial charge on any atom is 0.251 e. The van der Waals surface area contributed by atoms with Gasteiger partial charge in [-0.2, -0.15) is 4.68 Å². The van der Waals surface area contributed by atoms with Gasteiger partial charge in [0.1, 0.15) is 0 Å². The van der Waals surface area contributed by atoms with Gasteiger partial charge < -0.3 is 0 Å². The second-order valence-electron chi connectivity index (χ2n) is 1.83. The predicted octanol–water partition coefficient (Wildman–Crippen LogP) is 0.0573. The lowest BCUT2D eigenvalue weighted by Crippen LogP contribution is -2.00. The number of nitrogens with zero attached hydrogens (tertiary/aromatic N) is 5. The van der Waals surface area contributed by atoms with Gasteiger partial charge >= 0.3 is 0 Å². The Kier molecular flexibility index (Phi) is 1.10. The number of hydrogen-bond donors (Lipinski definition) is 0. The van der Waals surface area contributed by atoms with Crippen LogP contribution in [-0.2, 0) is 0 Å². The third-order valence-electron chi connectivity index (χ3n) is 1.14. The summed E-state index contributed by atoms with van der Waals surface area (Å²) in [5.74, 6) is 0.420. The molecule has 0 amide bonds. The van der Waals surface area contributed by atoms with Gasteiger partial charge in [-0.1, -0.05) is 5.21 Å². The van der Waals surface area contributed by atoms with Gasteiger partial charge in [-0.05, 0) is 6.04 Å². The van der Waals surface area contributed by atoms with E-state index in [-0.39, 0.29) is 6.04 Å². The van der Waals surface area contributed by atoms with Crippen LogP contribution in [0.1, 0.15) is 1.37 Å². The molecule has 54 valence electrons. The van der Waals surface area contributed by atoms with Crippen molar-refractivity contribution >= 4 is 0 Å². The molecule has 0 N–H and O–H groups in total. The minimum Gasteiger partial charge on any atom is -0.220 e. The highest BCUT2D eigenvalue weighted by Gasteiger charge is 1.95. The largest absolute Gasteiger partial charge is 0.251 e. The molecule has 0 saturated carbocycles. The SMILES string of the molecule is [2H]c1cnc(-n2ccnn2)nc1. The van der Waals surface area contributed by atoms with Gasteiger partial charge in [-0.25, -0.2) is 9.97 Å². The second kappa shape index (κ2) is 2.45. The number of aromatic nitrogens is 5. The van der Waals surface area contributed by atoms with Crippen molar-refractivity contribution in [3.05, 3.63) is 30.8 Å². The van der Waals surface area contributed by atoms with Crippen molar-refractivity contribution < 1.29 is 1.37 Å². The van der Waals surface area contributed by atoms with E-state index in [1.807, 2.05) is 0 Å². The zero-order valence-corrected chi connectivity index (χ0v) is 5.55. The Morgan fingerprint density at radius 3 is 2.73 bits per heavy atom. The van der Waals surface area contributed by atoms with Crippen LogP contribution in [-0.4, -0.2) is 25.0 Å². The molecule has 11 heavy (non-hydrogen) atoms. The summed E-state index contributed by atoms with van der Waals surface area (Å²) in [5.41, 5.74) is 0. The number of rotatable bonds is 1. The van der Waals surface area contributed by atoms with Crippen LogP contribution >= 0.6 is 0 Å². The van der Waals surface area contributed by atoms with E-state index in [0.717, 1.165) is 0 Å². The maximum absolute atomic E-state index is 7.15. The zero-order chi connectivity index (χ0) is 8.39. The molecule has 0 bridgehead atoms. The summed E-state index contributed by atoms with van der Waals surface area (Å²) in [6.45, 7) is 0. The fourth-order valence-electron chi connectivity index (χ4n) is 0.690. The van der Waals surface area contributed by atoms with Crippen molar-refractivity contribution in [1.82, 2.24) is 25.0 Å². The fourth-order valence-corrected chi connectivity index (χ4v) is 0.690. The van der Waals surface area contributed by atoms with Crippen molar-refractivity contribution in [2.45, 2.75) is 0 Å². The van der Waals surface area contributed by atoms with Crippen LogP contribution in [0.5, 0.6) is 0 Å². The molecule has 0 saturated heterocycles. The van der Waals surface area contributed by atoms with Crippen molar-refractivity contribution in [3.63, 3.8) is 0 Å². The predicted molar refractivity (Wildman–Crippen MR) is 36.9 cm³/mol. The molecule has 2 rings (SSSR count). The zero-order valence-electron chi connectivity index (χ0n) is 6.55. The van der Waals surface area contributed by atoms with Gasteiger partial charge in [-0.3, -0.25) is 0 Å². The molecular formula is C6H5N5. The lowest BCUT2D eigenvalue weighted by atomic mass is 10.7. The Morgan fingerprint density at radius 2 is 2.09 bits per heavy atom. The van der Waals surface area contributed by atoms with E-state index in [1.54, 1.807) is 6.20 Å². The summed E-state index contributed by atoms with van der Waals surface area (Å²) in [5, 5.41) is 7.30. The summed E-state index contributed by atoms with van der Waals surface area (Å²) in [6, 6.07) is 0.277. The van der Waals surface area contributed by atoms with E-state index >= 15 is 0 Å². The van der Waals surface area contributed by atoms with Crippen molar-refractivity contribution in [1.29, 1.82) is 0 Å². The van der Waals surface area contributed by atoms with Crippen molar-refractivity contribution in [2.75, 3.05) is 0 Å². The molecule has 2 aromatic rings. The van der Waals surface area contributed by atoms with Crippen LogP contribution in [0.2, 0.25) is 0 Å². The molecule has 0 radical (unpaired) electrons. The van der Waals surface area contributed by atoms with Crippen LogP contribution in [0.25, 0.3) is 5.95 Å². The van der Waals surface area contributed by atoms with Gasteiger partial charge in [0.2, 0.25) is 0 Å². The first-order valence-electron chi connectivity index (χ1n) is 3.51. The van der Waals surface area contributed by atoms with Gasteiger partial charge in [0.05, 0.1) is 13.8 Å². The summed E-state index contributed by atoms with van der Waals surface area (Å²) in [6.07, 6.45) is 5.99. The normalized spacial score (nSPS) is 11.1. The Hall–Kier alpha value is -1.78. The highest BCUT2D eigenvalue weighted by molar-refractivity contribution is 5.05. The van der Waals surface area contributed by atoms with Crippen LogP contribution in [0.4, 0.5) is 0 Å². The van der Waals surface area contributed by atoms with E-state index in [0.29, 0.717) is 5.95 Å². The third kappa shape index (κ3) is 1.07. The van der Waals surface area contributed by atoms with Crippen LogP contribution in [0, 0.1) is 0 Å². The molecule has 0 aliphatic rings. The lowest BCUT2D eigenvalue weighted by Gasteiger charge is -1.93. The summed E-state index contributed by atoms with van der Waals surface area (Å²) in [4.78, 5) is 7.77. The monoisotopic (exact) mass is 148 g/mol. The number of hydrogen-bond acceptors (Lipinski definition) is 4. The van der Waals surface area contributed by atoms with E-state index in [2.05, 4.69) is 20.3 Å². The van der Waals surface area contributed by atoms with E-state index in [1.165, 1.54) is 23.3 Å². The van der Waals surface area contributed by atoms with Crippen LogP contribution in [0.3, 0.4) is 0 Å². The molecule has 0 atom stereocenters. The Balaban J connectivity index is 2.43. The summed E-state index contributed by atoms with van der Waals surface area (Å²) >= 11 is 0. The minimum atomic E-state index is 0.277. The first-order valence-corrected chi connectivity index (χ1v) is 3.01. The molecule has 0 unspecified atom stereocenters. The fraction of sp³-hybridized carbons (Fsp3) is 0. The average Bonchev–Trinajstić information content (AvgIpc) is 2.58. The Morgan fingerprint density at radius 1 is 1.27 bits per heavy atom. The lowest BCUT2D eigenvalue weighted by molar-refractivity contribution is 0.755. The maximum atomic E-state index is 7.15. The second-order valence-corrected chi connectivity index (χ2v) is 1.83. The molecule has 2 aromatic heterocycles. The highest BCUT2D eigenvalue weighted by Crippen LogP contribution is 1.92. The minimum absolute atomic E-state index is 0.277. The molecule has 0 aliphatic carbocycles. The molecule has 0 aliphatic heterocycles. The Labute approximate surface area is 64.1 Å². The van der Waals surface area contributed by atoms with Crippen molar-refractivity contribution in [3.8, 4) is 5.95 Å². The first-order chi connectivity index (χ1) is 5.86. The molecule has 0 fully saturated rings. The topological polar surface area (TPSA) is 56.5 Å². The average molecular weight is 148 g/mol. The molecule has 0 aromatic carbocycles. The quantitative estimate of drug-likeness (QED) is 0.573. The standard InChI is InChI=1S/C6H5N5/c1-2-7-6(8-3-1)11-5-4-9-10-11/h1-5H/i1D. The third-order valence-corrected chi connectivity index (χ3v) is 1.14. The first kappa shape index (κ1) is 4.95. The van der Waals surface area contributed by atoms with E-state index in [9.17, 15) is 0 Å². The highest BCUT2D eigenvalue weighted by atomic mass is 15.4. The van der Waals surface area contributed by atoms with Gasteiger partial charge in [0.15, 0.2) is 0 Å². The summed E-state index contributed by atoms with van der Waals surface area (Å²) in [7, 11) is 0. The summed E-state index contributed by atoms with van der Waals surface area (Å²) < 4.78 is 8.58. The molecule has 5 nitrogen and oxygen atoms in total. The molecular weight excluding hydrogens is 142 g/mol. The van der Waals surface area contributed by atoms with Gasteiger partial charge in [0.25, 0.3) is 5.95 Å². The van der Waals surface area contributed by atoms with Crippen LogP contribution in [0.15, 0.2) is 30.8 Å². The van der Waals surface area contributed by atoms with Gasteiger partial charge in [-0.15, -0.1) is 5.10 Å².